The molecule has 0 bridgehead atoms. The summed E-state index contributed by atoms with van der Waals surface area (Å²) in [5.74, 6) is -2.09. The highest BCUT2D eigenvalue weighted by Crippen LogP contribution is 2.23. The molecule has 1 atom stereocenters. The van der Waals surface area contributed by atoms with Gasteiger partial charge in [-0.2, -0.15) is 0 Å². The van der Waals surface area contributed by atoms with Crippen LogP contribution in [0.1, 0.15) is 38.1 Å². The van der Waals surface area contributed by atoms with E-state index in [2.05, 4.69) is 15.9 Å². The van der Waals surface area contributed by atoms with Gasteiger partial charge in [-0.3, -0.25) is 4.79 Å². The fraction of sp³-hybridized carbons (Fsp3) is 0.529. The van der Waals surface area contributed by atoms with E-state index in [-0.39, 0.29) is 35.7 Å². The molecule has 138 valence electrons. The summed E-state index contributed by atoms with van der Waals surface area (Å²) in [7, 11) is 0. The van der Waals surface area contributed by atoms with Gasteiger partial charge in [0.15, 0.2) is 0 Å². The van der Waals surface area contributed by atoms with Crippen molar-refractivity contribution >= 4 is 27.9 Å². The molecule has 1 aliphatic heterocycles. The Bertz CT molecular complexity index is 691. The Hall–Kier alpha value is -1.70. The van der Waals surface area contributed by atoms with Crippen molar-refractivity contribution in [3.05, 3.63) is 33.8 Å². The maximum atomic E-state index is 14.0. The first-order valence-corrected chi connectivity index (χ1v) is 8.72. The number of amides is 2. The average Bonchev–Trinajstić information content (AvgIpc) is 2.48. The number of piperazine rings is 1. The van der Waals surface area contributed by atoms with Gasteiger partial charge in [0.25, 0.3) is 5.91 Å². The summed E-state index contributed by atoms with van der Waals surface area (Å²) in [6, 6.07) is 1.52. The maximum Gasteiger partial charge on any atom is 0.410 e. The maximum absolute atomic E-state index is 14.0. The third-order valence-electron chi connectivity index (χ3n) is 3.78. The number of nitrogens with zero attached hydrogens (tertiary/aromatic N) is 2. The van der Waals surface area contributed by atoms with Crippen LogP contribution in [0, 0.1) is 11.6 Å². The van der Waals surface area contributed by atoms with Crippen molar-refractivity contribution in [2.75, 3.05) is 19.6 Å². The molecule has 0 aliphatic carbocycles. The zero-order chi connectivity index (χ0) is 18.9. The molecule has 1 saturated heterocycles. The number of halogens is 3. The van der Waals surface area contributed by atoms with Crippen molar-refractivity contribution < 1.29 is 23.1 Å². The zero-order valence-electron chi connectivity index (χ0n) is 14.6. The minimum absolute atomic E-state index is 0.0373. The van der Waals surface area contributed by atoms with Crippen LogP contribution < -0.4 is 0 Å². The van der Waals surface area contributed by atoms with Crippen molar-refractivity contribution in [1.82, 2.24) is 9.80 Å². The van der Waals surface area contributed by atoms with Crippen LogP contribution in [-0.4, -0.2) is 53.1 Å². The highest BCUT2D eigenvalue weighted by molar-refractivity contribution is 9.10. The van der Waals surface area contributed by atoms with Gasteiger partial charge < -0.3 is 14.5 Å². The summed E-state index contributed by atoms with van der Waals surface area (Å²) < 4.78 is 32.9. The summed E-state index contributed by atoms with van der Waals surface area (Å²) in [5.41, 5.74) is -0.930. The van der Waals surface area contributed by atoms with Gasteiger partial charge in [0.1, 0.15) is 17.2 Å². The van der Waals surface area contributed by atoms with Gasteiger partial charge >= 0.3 is 6.09 Å². The molecule has 0 N–H and O–H groups in total. The summed E-state index contributed by atoms with van der Waals surface area (Å²) in [6.45, 7) is 7.82. The first-order valence-electron chi connectivity index (χ1n) is 7.93. The molecule has 2 rings (SSSR count). The first kappa shape index (κ1) is 19.6. The summed E-state index contributed by atoms with van der Waals surface area (Å²) in [5, 5.41) is 0. The van der Waals surface area contributed by atoms with Crippen LogP contribution in [0.25, 0.3) is 0 Å². The summed E-state index contributed by atoms with van der Waals surface area (Å²) in [4.78, 5) is 27.6. The number of rotatable bonds is 1. The lowest BCUT2D eigenvalue weighted by atomic mass is 10.1. The number of hydrogen-bond acceptors (Lipinski definition) is 3. The third-order valence-corrected chi connectivity index (χ3v) is 4.39. The van der Waals surface area contributed by atoms with E-state index in [0.29, 0.717) is 0 Å². The Kier molecular flexibility index (Phi) is 5.71. The molecule has 0 radical (unpaired) electrons. The Morgan fingerprint density at radius 1 is 1.20 bits per heavy atom. The van der Waals surface area contributed by atoms with E-state index in [9.17, 15) is 18.4 Å². The molecular weight excluding hydrogens is 398 g/mol. The van der Waals surface area contributed by atoms with Crippen molar-refractivity contribution in [3.63, 3.8) is 0 Å². The molecule has 0 aromatic heterocycles. The summed E-state index contributed by atoms with van der Waals surface area (Å²) >= 11 is 2.88. The molecule has 5 nitrogen and oxygen atoms in total. The van der Waals surface area contributed by atoms with E-state index in [0.717, 1.165) is 12.1 Å². The lowest BCUT2D eigenvalue weighted by Crippen LogP contribution is -2.56. The molecule has 0 spiro atoms. The van der Waals surface area contributed by atoms with Crippen molar-refractivity contribution in [2.45, 2.75) is 39.3 Å². The van der Waals surface area contributed by atoms with Gasteiger partial charge in [0, 0.05) is 25.7 Å². The van der Waals surface area contributed by atoms with Crippen LogP contribution in [0.15, 0.2) is 16.6 Å². The van der Waals surface area contributed by atoms with Gasteiger partial charge in [-0.25, -0.2) is 13.6 Å². The number of carbonyl (C=O) groups is 2. The second kappa shape index (κ2) is 7.27. The van der Waals surface area contributed by atoms with E-state index in [1.54, 1.807) is 27.7 Å². The van der Waals surface area contributed by atoms with Crippen LogP contribution in [0.5, 0.6) is 0 Å². The fourth-order valence-corrected chi connectivity index (χ4v) is 2.91. The largest absolute Gasteiger partial charge is 0.444 e. The second-order valence-electron chi connectivity index (χ2n) is 7.02. The SMILES string of the molecule is C[C@@H]1CN(C(=O)c2cc(F)c(Br)cc2F)CCN1C(=O)OC(C)(C)C. The smallest absolute Gasteiger partial charge is 0.410 e. The van der Waals surface area contributed by atoms with Crippen molar-refractivity contribution in [1.29, 1.82) is 0 Å². The molecule has 2 amide bonds. The number of hydrogen-bond donors (Lipinski definition) is 0. The molecule has 1 aromatic rings. The van der Waals surface area contributed by atoms with E-state index in [4.69, 9.17) is 4.74 Å². The third kappa shape index (κ3) is 4.68. The van der Waals surface area contributed by atoms with E-state index in [1.165, 1.54) is 9.80 Å². The number of benzene rings is 1. The Balaban J connectivity index is 2.09. The van der Waals surface area contributed by atoms with Crippen LogP contribution in [-0.2, 0) is 4.74 Å². The lowest BCUT2D eigenvalue weighted by Gasteiger charge is -2.40. The van der Waals surface area contributed by atoms with E-state index < -0.39 is 29.2 Å². The molecule has 25 heavy (non-hydrogen) atoms. The van der Waals surface area contributed by atoms with Gasteiger partial charge in [-0.1, -0.05) is 0 Å². The molecule has 1 aliphatic rings. The predicted molar refractivity (Wildman–Crippen MR) is 92.4 cm³/mol. The fourth-order valence-electron chi connectivity index (χ4n) is 2.59. The standard InChI is InChI=1S/C17H21BrF2N2O3/c1-10-9-21(5-6-22(10)16(24)25-17(2,3)4)15(23)11-7-14(20)12(18)8-13(11)19/h7-8,10H,5-6,9H2,1-4H3/t10-/m1/s1. The minimum Gasteiger partial charge on any atom is -0.444 e. The summed E-state index contributed by atoms with van der Waals surface area (Å²) in [6.07, 6.45) is -0.451. The molecule has 1 heterocycles. The minimum atomic E-state index is -0.791. The van der Waals surface area contributed by atoms with Gasteiger partial charge in [0.2, 0.25) is 0 Å². The Labute approximate surface area is 154 Å². The zero-order valence-corrected chi connectivity index (χ0v) is 16.2. The van der Waals surface area contributed by atoms with Crippen molar-refractivity contribution in [2.24, 2.45) is 0 Å². The highest BCUT2D eigenvalue weighted by Gasteiger charge is 2.33. The average molecular weight is 419 g/mol. The highest BCUT2D eigenvalue weighted by atomic mass is 79.9. The van der Waals surface area contributed by atoms with Gasteiger partial charge in [-0.15, -0.1) is 0 Å². The topological polar surface area (TPSA) is 49.9 Å². The normalized spacial score (nSPS) is 18.3. The van der Waals surface area contributed by atoms with Gasteiger partial charge in [-0.05, 0) is 55.8 Å². The number of ether oxygens (including phenoxy) is 1. The Morgan fingerprint density at radius 3 is 2.40 bits per heavy atom. The van der Waals surface area contributed by atoms with Gasteiger partial charge in [0.05, 0.1) is 10.0 Å². The van der Waals surface area contributed by atoms with E-state index >= 15 is 0 Å². The predicted octanol–water partition coefficient (Wildman–Crippen LogP) is 3.81. The first-order chi connectivity index (χ1) is 11.5. The van der Waals surface area contributed by atoms with Crippen LogP contribution in [0.3, 0.4) is 0 Å². The monoisotopic (exact) mass is 418 g/mol. The van der Waals surface area contributed by atoms with Crippen LogP contribution in [0.2, 0.25) is 0 Å². The lowest BCUT2D eigenvalue weighted by molar-refractivity contribution is 0.00190. The van der Waals surface area contributed by atoms with Crippen LogP contribution in [0.4, 0.5) is 13.6 Å². The molecule has 8 heteroatoms. The Morgan fingerprint density at radius 2 is 1.84 bits per heavy atom. The molecule has 1 aromatic carbocycles. The van der Waals surface area contributed by atoms with Crippen LogP contribution >= 0.6 is 15.9 Å². The number of carbonyl (C=O) groups excluding carboxylic acids is 2. The molecule has 0 saturated carbocycles. The molecule has 1 fully saturated rings. The van der Waals surface area contributed by atoms with E-state index in [1.807, 2.05) is 0 Å². The van der Waals surface area contributed by atoms with Crippen molar-refractivity contribution in [3.8, 4) is 0 Å². The molecule has 0 unspecified atom stereocenters. The molecular formula is C17H21BrF2N2O3. The quantitative estimate of drug-likeness (QED) is 0.651. The second-order valence-corrected chi connectivity index (χ2v) is 7.87.